The smallest absolute Gasteiger partial charge is 0.191 e. The summed E-state index contributed by atoms with van der Waals surface area (Å²) in [7, 11) is 0. The number of thioether (sulfide) groups is 1. The van der Waals surface area contributed by atoms with E-state index >= 15 is 0 Å². The van der Waals surface area contributed by atoms with E-state index in [1.54, 1.807) is 11.8 Å². The van der Waals surface area contributed by atoms with Crippen LogP contribution in [0.3, 0.4) is 0 Å². The average Bonchev–Trinajstić information content (AvgIpc) is 2.64. The van der Waals surface area contributed by atoms with Crippen molar-refractivity contribution in [1.82, 2.24) is 10.6 Å². The van der Waals surface area contributed by atoms with Gasteiger partial charge in [0, 0.05) is 24.5 Å². The van der Waals surface area contributed by atoms with Gasteiger partial charge < -0.3 is 15.4 Å². The number of aliphatic imine (C=N–C) groups is 1. The highest BCUT2D eigenvalue weighted by atomic mass is 32.2. The Morgan fingerprint density at radius 1 is 1.28 bits per heavy atom. The summed E-state index contributed by atoms with van der Waals surface area (Å²) < 4.78 is 18.2. The van der Waals surface area contributed by atoms with Gasteiger partial charge in [0.2, 0.25) is 0 Å². The molecule has 0 spiro atoms. The lowest BCUT2D eigenvalue weighted by Crippen LogP contribution is -2.38. The molecule has 25 heavy (non-hydrogen) atoms. The van der Waals surface area contributed by atoms with Gasteiger partial charge in [-0.25, -0.2) is 4.39 Å². The van der Waals surface area contributed by atoms with E-state index in [9.17, 15) is 4.39 Å². The van der Waals surface area contributed by atoms with Crippen LogP contribution in [0.2, 0.25) is 0 Å². The highest BCUT2D eigenvalue weighted by molar-refractivity contribution is 7.99. The second-order valence-electron chi connectivity index (χ2n) is 5.78. The van der Waals surface area contributed by atoms with Crippen molar-refractivity contribution < 1.29 is 9.13 Å². The molecule has 0 atom stereocenters. The first-order valence-electron chi connectivity index (χ1n) is 8.94. The summed E-state index contributed by atoms with van der Waals surface area (Å²) in [5, 5.41) is 6.67. The minimum atomic E-state index is -0.188. The Bertz CT molecular complexity index is 560. The van der Waals surface area contributed by atoms with Crippen molar-refractivity contribution in [2.24, 2.45) is 4.99 Å². The van der Waals surface area contributed by atoms with Crippen LogP contribution >= 0.6 is 11.8 Å². The number of benzene rings is 1. The zero-order valence-corrected chi connectivity index (χ0v) is 15.7. The largest absolute Gasteiger partial charge is 0.377 e. The van der Waals surface area contributed by atoms with E-state index < -0.39 is 0 Å². The molecule has 1 aromatic rings. The van der Waals surface area contributed by atoms with Crippen LogP contribution in [0.25, 0.3) is 0 Å². The van der Waals surface area contributed by atoms with Crippen molar-refractivity contribution >= 4 is 17.7 Å². The van der Waals surface area contributed by atoms with Gasteiger partial charge in [0.05, 0.1) is 13.2 Å². The van der Waals surface area contributed by atoms with Gasteiger partial charge in [-0.2, -0.15) is 0 Å². The number of rotatable bonds is 9. The summed E-state index contributed by atoms with van der Waals surface area (Å²) in [6.07, 6.45) is 5.24. The summed E-state index contributed by atoms with van der Waals surface area (Å²) in [4.78, 5) is 5.72. The molecule has 0 bridgehead atoms. The molecule has 0 aliphatic carbocycles. The van der Waals surface area contributed by atoms with Gasteiger partial charge in [-0.3, -0.25) is 4.99 Å². The highest BCUT2D eigenvalue weighted by Crippen LogP contribution is 2.18. The summed E-state index contributed by atoms with van der Waals surface area (Å²) in [6.45, 7) is 6.18. The third-order valence-corrected chi connectivity index (χ3v) is 4.89. The first kappa shape index (κ1) is 19.8. The molecule has 0 unspecified atom stereocenters. The Hall–Kier alpha value is -1.53. The van der Waals surface area contributed by atoms with E-state index in [0.29, 0.717) is 0 Å². The van der Waals surface area contributed by atoms with Crippen LogP contribution in [-0.2, 0) is 4.74 Å². The molecule has 1 heterocycles. The van der Waals surface area contributed by atoms with Gasteiger partial charge in [-0.15, -0.1) is 11.8 Å². The zero-order chi connectivity index (χ0) is 17.7. The van der Waals surface area contributed by atoms with E-state index in [1.165, 1.54) is 17.7 Å². The lowest BCUT2D eigenvalue weighted by atomic mass is 10.1. The lowest BCUT2D eigenvalue weighted by molar-refractivity contribution is 0.153. The molecule has 0 saturated heterocycles. The standard InChI is InChI=1S/C19H28FN3OS/c1-2-21-19(23-12-8-16-9-13-24-14-10-16)22-11-3-15-25-18-6-4-17(20)5-7-18/h4-7,9H,2-3,8,10-15H2,1H3,(H2,21,22,23). The molecule has 1 aromatic carbocycles. The second-order valence-corrected chi connectivity index (χ2v) is 6.95. The van der Waals surface area contributed by atoms with Crippen molar-refractivity contribution in [2.45, 2.75) is 31.1 Å². The Kier molecular flexibility index (Phi) is 9.44. The molecule has 0 fully saturated rings. The first-order valence-corrected chi connectivity index (χ1v) is 9.92. The van der Waals surface area contributed by atoms with E-state index in [1.807, 2.05) is 12.1 Å². The number of ether oxygens (including phenoxy) is 1. The van der Waals surface area contributed by atoms with E-state index in [-0.39, 0.29) is 5.82 Å². The molecule has 1 aliphatic rings. The Morgan fingerprint density at radius 2 is 2.12 bits per heavy atom. The number of halogens is 1. The molecule has 0 radical (unpaired) electrons. The van der Waals surface area contributed by atoms with Crippen molar-refractivity contribution in [3.8, 4) is 0 Å². The van der Waals surface area contributed by atoms with E-state index in [4.69, 9.17) is 4.74 Å². The van der Waals surface area contributed by atoms with Gasteiger partial charge >= 0.3 is 0 Å². The minimum Gasteiger partial charge on any atom is -0.377 e. The van der Waals surface area contributed by atoms with Crippen molar-refractivity contribution in [3.05, 3.63) is 41.7 Å². The summed E-state index contributed by atoms with van der Waals surface area (Å²) in [6, 6.07) is 6.64. The maximum Gasteiger partial charge on any atom is 0.191 e. The number of guanidine groups is 1. The fourth-order valence-electron chi connectivity index (χ4n) is 2.45. The van der Waals surface area contributed by atoms with Crippen molar-refractivity contribution in [3.63, 3.8) is 0 Å². The third-order valence-electron chi connectivity index (χ3n) is 3.79. The number of nitrogens with one attached hydrogen (secondary N) is 2. The van der Waals surface area contributed by atoms with Gasteiger partial charge in [-0.05, 0) is 56.2 Å². The molecule has 1 aliphatic heterocycles. The van der Waals surface area contributed by atoms with Crippen molar-refractivity contribution in [2.75, 3.05) is 38.6 Å². The van der Waals surface area contributed by atoms with Gasteiger partial charge in [0.1, 0.15) is 5.82 Å². The normalized spacial score (nSPS) is 15.0. The molecule has 138 valence electrons. The Morgan fingerprint density at radius 3 is 2.84 bits per heavy atom. The van der Waals surface area contributed by atoms with Crippen LogP contribution in [0, 0.1) is 5.82 Å². The quantitative estimate of drug-likeness (QED) is 0.231. The predicted octanol–water partition coefficient (Wildman–Crippen LogP) is 3.60. The predicted molar refractivity (Wildman–Crippen MR) is 104 cm³/mol. The molecule has 0 amide bonds. The van der Waals surface area contributed by atoms with Crippen LogP contribution in [0.15, 0.2) is 45.8 Å². The van der Waals surface area contributed by atoms with Gasteiger partial charge in [-0.1, -0.05) is 11.6 Å². The van der Waals surface area contributed by atoms with E-state index in [0.717, 1.165) is 68.7 Å². The van der Waals surface area contributed by atoms with Crippen LogP contribution < -0.4 is 10.6 Å². The molecule has 6 heteroatoms. The zero-order valence-electron chi connectivity index (χ0n) is 14.9. The Labute approximate surface area is 154 Å². The molecule has 0 aromatic heterocycles. The maximum atomic E-state index is 12.9. The highest BCUT2D eigenvalue weighted by Gasteiger charge is 2.04. The van der Waals surface area contributed by atoms with Crippen LogP contribution in [0.1, 0.15) is 26.2 Å². The third kappa shape index (κ3) is 8.40. The molecule has 2 N–H and O–H groups in total. The van der Waals surface area contributed by atoms with Crippen LogP contribution in [-0.4, -0.2) is 44.6 Å². The van der Waals surface area contributed by atoms with Crippen LogP contribution in [0.5, 0.6) is 0 Å². The summed E-state index contributed by atoms with van der Waals surface area (Å²) in [5.74, 6) is 1.66. The van der Waals surface area contributed by atoms with Crippen molar-refractivity contribution in [1.29, 1.82) is 0 Å². The SMILES string of the molecule is CCNC(=NCCCSc1ccc(F)cc1)NCCC1=CCOCC1. The molecular formula is C19H28FN3OS. The molecular weight excluding hydrogens is 337 g/mol. The van der Waals surface area contributed by atoms with Gasteiger partial charge in [0.25, 0.3) is 0 Å². The molecule has 4 nitrogen and oxygen atoms in total. The molecule has 0 saturated carbocycles. The lowest BCUT2D eigenvalue weighted by Gasteiger charge is -2.15. The fourth-order valence-corrected chi connectivity index (χ4v) is 3.29. The minimum absolute atomic E-state index is 0.188. The number of hydrogen-bond acceptors (Lipinski definition) is 3. The second kappa shape index (κ2) is 11.9. The van der Waals surface area contributed by atoms with Gasteiger partial charge in [0.15, 0.2) is 5.96 Å². The average molecular weight is 366 g/mol. The maximum absolute atomic E-state index is 12.9. The monoisotopic (exact) mass is 365 g/mol. The van der Waals surface area contributed by atoms with E-state index in [2.05, 4.69) is 28.6 Å². The summed E-state index contributed by atoms with van der Waals surface area (Å²) in [5.41, 5.74) is 1.46. The Balaban J connectivity index is 1.64. The number of nitrogens with zero attached hydrogens (tertiary/aromatic N) is 1. The topological polar surface area (TPSA) is 45.7 Å². The molecule has 2 rings (SSSR count). The first-order chi connectivity index (χ1) is 12.3. The number of hydrogen-bond donors (Lipinski definition) is 2. The summed E-state index contributed by atoms with van der Waals surface area (Å²) >= 11 is 1.73. The fraction of sp³-hybridized carbons (Fsp3) is 0.526. The van der Waals surface area contributed by atoms with Crippen LogP contribution in [0.4, 0.5) is 4.39 Å².